The van der Waals surface area contributed by atoms with Crippen molar-refractivity contribution in [3.63, 3.8) is 0 Å². The van der Waals surface area contributed by atoms with Crippen LogP contribution in [0, 0.1) is 0 Å². The maximum Gasteiger partial charge on any atom is 0.306 e. The molecule has 0 aliphatic heterocycles. The fourth-order valence-corrected chi connectivity index (χ4v) is 1.07. The summed E-state index contributed by atoms with van der Waals surface area (Å²) in [7, 11) is 1.58. The van der Waals surface area contributed by atoms with Crippen LogP contribution in [0.15, 0.2) is 18.3 Å². The molecule has 1 aromatic rings. The molecule has 0 unspecified atom stereocenters. The lowest BCUT2D eigenvalue weighted by atomic mass is 10.2. The third-order valence-corrected chi connectivity index (χ3v) is 1.81. The van der Waals surface area contributed by atoms with E-state index in [0.29, 0.717) is 26.1 Å². The van der Waals surface area contributed by atoms with Gasteiger partial charge in [0.2, 0.25) is 0 Å². The van der Waals surface area contributed by atoms with Gasteiger partial charge in [-0.1, -0.05) is 0 Å². The van der Waals surface area contributed by atoms with Crippen LogP contribution in [-0.4, -0.2) is 31.3 Å². The van der Waals surface area contributed by atoms with Crippen LogP contribution in [0.1, 0.15) is 12.1 Å². The van der Waals surface area contributed by atoms with Gasteiger partial charge in [0.25, 0.3) is 0 Å². The Labute approximate surface area is 83.2 Å². The van der Waals surface area contributed by atoms with Crippen LogP contribution in [0.4, 0.5) is 0 Å². The summed E-state index contributed by atoms with van der Waals surface area (Å²) in [6, 6.07) is 3.86. The number of methoxy groups -OCH3 is 1. The van der Waals surface area contributed by atoms with Crippen molar-refractivity contribution in [2.24, 2.45) is 0 Å². The van der Waals surface area contributed by atoms with Crippen molar-refractivity contribution in [2.45, 2.75) is 12.8 Å². The predicted octanol–water partition coefficient (Wildman–Crippen LogP) is 1.14. The normalized spacial score (nSPS) is 10.1. The molecular weight excluding hydrogens is 182 g/mol. The SMILES string of the molecule is COCCOC(=O)CCc1ccc[nH]1. The van der Waals surface area contributed by atoms with Crippen molar-refractivity contribution in [3.8, 4) is 0 Å². The Balaban J connectivity index is 2.09. The van der Waals surface area contributed by atoms with Gasteiger partial charge in [-0.2, -0.15) is 0 Å². The lowest BCUT2D eigenvalue weighted by Gasteiger charge is -2.02. The number of rotatable bonds is 6. The lowest BCUT2D eigenvalue weighted by Crippen LogP contribution is -2.10. The van der Waals surface area contributed by atoms with E-state index in [1.807, 2.05) is 18.3 Å². The van der Waals surface area contributed by atoms with E-state index in [2.05, 4.69) is 4.98 Å². The highest BCUT2D eigenvalue weighted by Crippen LogP contribution is 2.00. The first-order valence-electron chi connectivity index (χ1n) is 4.59. The van der Waals surface area contributed by atoms with E-state index in [9.17, 15) is 4.79 Å². The number of nitrogens with one attached hydrogen (secondary N) is 1. The molecule has 14 heavy (non-hydrogen) atoms. The quantitative estimate of drug-likeness (QED) is 0.549. The van der Waals surface area contributed by atoms with Gasteiger partial charge < -0.3 is 14.5 Å². The molecule has 0 fully saturated rings. The number of hydrogen-bond acceptors (Lipinski definition) is 3. The van der Waals surface area contributed by atoms with Crippen LogP contribution in [0.5, 0.6) is 0 Å². The van der Waals surface area contributed by atoms with E-state index in [-0.39, 0.29) is 5.97 Å². The van der Waals surface area contributed by atoms with E-state index in [1.54, 1.807) is 7.11 Å². The Kier molecular flexibility index (Phi) is 4.78. The second-order valence-corrected chi connectivity index (χ2v) is 2.91. The Hall–Kier alpha value is -1.29. The molecule has 0 bridgehead atoms. The summed E-state index contributed by atoms with van der Waals surface area (Å²) >= 11 is 0. The number of hydrogen-bond donors (Lipinski definition) is 1. The minimum atomic E-state index is -0.184. The standard InChI is InChI=1S/C10H15NO3/c1-13-7-8-14-10(12)5-4-9-3-2-6-11-9/h2-3,6,11H,4-5,7-8H2,1H3. The zero-order valence-electron chi connectivity index (χ0n) is 8.29. The summed E-state index contributed by atoms with van der Waals surface area (Å²) in [5.74, 6) is -0.184. The number of carbonyl (C=O) groups excluding carboxylic acids is 1. The largest absolute Gasteiger partial charge is 0.463 e. The summed E-state index contributed by atoms with van der Waals surface area (Å²) in [6.07, 6.45) is 2.94. The van der Waals surface area contributed by atoms with Crippen molar-refractivity contribution in [1.29, 1.82) is 0 Å². The Bertz CT molecular complexity index is 256. The number of carbonyl (C=O) groups is 1. The van der Waals surface area contributed by atoms with Crippen molar-refractivity contribution < 1.29 is 14.3 Å². The maximum absolute atomic E-state index is 11.1. The van der Waals surface area contributed by atoms with Crippen LogP contribution < -0.4 is 0 Å². The number of aryl methyl sites for hydroxylation is 1. The van der Waals surface area contributed by atoms with Gasteiger partial charge >= 0.3 is 5.97 Å². The number of H-pyrrole nitrogens is 1. The molecule has 0 saturated carbocycles. The second kappa shape index (κ2) is 6.21. The third-order valence-electron chi connectivity index (χ3n) is 1.81. The van der Waals surface area contributed by atoms with Crippen LogP contribution in [-0.2, 0) is 20.7 Å². The summed E-state index contributed by atoms with van der Waals surface area (Å²) in [4.78, 5) is 14.1. The van der Waals surface area contributed by atoms with E-state index in [4.69, 9.17) is 9.47 Å². The number of aromatic nitrogens is 1. The van der Waals surface area contributed by atoms with Gasteiger partial charge in [-0.25, -0.2) is 0 Å². The topological polar surface area (TPSA) is 51.3 Å². The summed E-state index contributed by atoms with van der Waals surface area (Å²) in [5, 5.41) is 0. The predicted molar refractivity (Wildman–Crippen MR) is 51.9 cm³/mol. The third kappa shape index (κ3) is 4.09. The Morgan fingerprint density at radius 2 is 2.36 bits per heavy atom. The maximum atomic E-state index is 11.1. The monoisotopic (exact) mass is 197 g/mol. The van der Waals surface area contributed by atoms with Crippen molar-refractivity contribution >= 4 is 5.97 Å². The fraction of sp³-hybridized carbons (Fsp3) is 0.500. The van der Waals surface area contributed by atoms with Crippen LogP contribution >= 0.6 is 0 Å². The molecular formula is C10H15NO3. The molecule has 0 aliphatic carbocycles. The van der Waals surface area contributed by atoms with E-state index in [0.717, 1.165) is 5.69 Å². The molecule has 0 saturated heterocycles. The smallest absolute Gasteiger partial charge is 0.306 e. The van der Waals surface area contributed by atoms with Crippen molar-refractivity contribution in [1.82, 2.24) is 4.98 Å². The molecule has 0 aliphatic rings. The Morgan fingerprint density at radius 1 is 1.50 bits per heavy atom. The van der Waals surface area contributed by atoms with E-state index < -0.39 is 0 Å². The van der Waals surface area contributed by atoms with Crippen molar-refractivity contribution in [2.75, 3.05) is 20.3 Å². The van der Waals surface area contributed by atoms with Gasteiger partial charge in [0.1, 0.15) is 6.61 Å². The van der Waals surface area contributed by atoms with Gasteiger partial charge in [0.05, 0.1) is 13.0 Å². The van der Waals surface area contributed by atoms with E-state index in [1.165, 1.54) is 0 Å². The molecule has 0 aromatic carbocycles. The van der Waals surface area contributed by atoms with Gasteiger partial charge in [-0.3, -0.25) is 4.79 Å². The lowest BCUT2D eigenvalue weighted by molar-refractivity contribution is -0.144. The highest BCUT2D eigenvalue weighted by atomic mass is 16.6. The van der Waals surface area contributed by atoms with Gasteiger partial charge in [-0.05, 0) is 18.6 Å². The molecule has 1 rings (SSSR count). The van der Waals surface area contributed by atoms with E-state index >= 15 is 0 Å². The van der Waals surface area contributed by atoms with Crippen LogP contribution in [0.3, 0.4) is 0 Å². The molecule has 78 valence electrons. The highest BCUT2D eigenvalue weighted by molar-refractivity contribution is 5.69. The molecule has 0 atom stereocenters. The number of esters is 1. The van der Waals surface area contributed by atoms with Crippen LogP contribution in [0.2, 0.25) is 0 Å². The molecule has 0 radical (unpaired) electrons. The zero-order chi connectivity index (χ0) is 10.2. The molecule has 1 heterocycles. The van der Waals surface area contributed by atoms with Gasteiger partial charge in [0, 0.05) is 19.0 Å². The Morgan fingerprint density at radius 3 is 3.00 bits per heavy atom. The summed E-state index contributed by atoms with van der Waals surface area (Å²) < 4.78 is 9.66. The van der Waals surface area contributed by atoms with Gasteiger partial charge in [0.15, 0.2) is 0 Å². The number of ether oxygens (including phenoxy) is 2. The van der Waals surface area contributed by atoms with Crippen molar-refractivity contribution in [3.05, 3.63) is 24.0 Å². The summed E-state index contributed by atoms with van der Waals surface area (Å²) in [6.45, 7) is 0.786. The molecule has 1 aromatic heterocycles. The fourth-order valence-electron chi connectivity index (χ4n) is 1.07. The first-order chi connectivity index (χ1) is 6.83. The average Bonchev–Trinajstić information content (AvgIpc) is 2.68. The zero-order valence-corrected chi connectivity index (χ0v) is 8.29. The first kappa shape index (κ1) is 10.8. The molecule has 0 amide bonds. The summed E-state index contributed by atoms with van der Waals surface area (Å²) in [5.41, 5.74) is 1.05. The minimum Gasteiger partial charge on any atom is -0.463 e. The highest BCUT2D eigenvalue weighted by Gasteiger charge is 2.03. The molecule has 4 heteroatoms. The minimum absolute atomic E-state index is 0.184. The van der Waals surface area contributed by atoms with Gasteiger partial charge in [-0.15, -0.1) is 0 Å². The second-order valence-electron chi connectivity index (χ2n) is 2.91. The molecule has 4 nitrogen and oxygen atoms in total. The molecule has 1 N–H and O–H groups in total. The molecule has 0 spiro atoms. The van der Waals surface area contributed by atoms with Crippen LogP contribution in [0.25, 0.3) is 0 Å². The first-order valence-corrected chi connectivity index (χ1v) is 4.59. The number of aromatic amines is 1. The average molecular weight is 197 g/mol.